The maximum Gasteiger partial charge on any atom is 0.0859 e. The van der Waals surface area contributed by atoms with E-state index in [1.54, 1.807) is 17.2 Å². The Balaban J connectivity index is 2.31. The highest BCUT2D eigenvalue weighted by Gasteiger charge is 1.98. The van der Waals surface area contributed by atoms with Gasteiger partial charge in [-0.3, -0.25) is 0 Å². The number of halogens is 1. The van der Waals surface area contributed by atoms with Gasteiger partial charge in [0.15, 0.2) is 0 Å². The SMILES string of the molecule is BrCCc1cccc(-n2nccn2)c1. The summed E-state index contributed by atoms with van der Waals surface area (Å²) >= 11 is 3.42. The zero-order chi connectivity index (χ0) is 9.80. The molecule has 0 aliphatic heterocycles. The van der Waals surface area contributed by atoms with Crippen LogP contribution in [0.4, 0.5) is 0 Å². The summed E-state index contributed by atoms with van der Waals surface area (Å²) in [6.45, 7) is 0. The van der Waals surface area contributed by atoms with Gasteiger partial charge >= 0.3 is 0 Å². The molecule has 0 aliphatic carbocycles. The predicted octanol–water partition coefficient (Wildman–Crippen LogP) is 2.20. The van der Waals surface area contributed by atoms with E-state index in [-0.39, 0.29) is 0 Å². The Morgan fingerprint density at radius 2 is 2.00 bits per heavy atom. The summed E-state index contributed by atoms with van der Waals surface area (Å²) < 4.78 is 0. The Morgan fingerprint density at radius 1 is 1.21 bits per heavy atom. The molecule has 0 aliphatic rings. The number of aromatic nitrogens is 3. The van der Waals surface area contributed by atoms with Crippen LogP contribution in [0.5, 0.6) is 0 Å². The summed E-state index contributed by atoms with van der Waals surface area (Å²) in [5.41, 5.74) is 2.30. The Labute approximate surface area is 90.9 Å². The second-order valence-electron chi connectivity index (χ2n) is 2.93. The van der Waals surface area contributed by atoms with E-state index >= 15 is 0 Å². The van der Waals surface area contributed by atoms with E-state index in [4.69, 9.17) is 0 Å². The van der Waals surface area contributed by atoms with E-state index in [1.807, 2.05) is 12.1 Å². The molecule has 72 valence electrons. The minimum atomic E-state index is 0.975. The van der Waals surface area contributed by atoms with Crippen molar-refractivity contribution in [2.75, 3.05) is 5.33 Å². The fourth-order valence-corrected chi connectivity index (χ4v) is 1.75. The van der Waals surface area contributed by atoms with Crippen molar-refractivity contribution in [3.05, 3.63) is 42.2 Å². The van der Waals surface area contributed by atoms with Crippen molar-refractivity contribution < 1.29 is 0 Å². The lowest BCUT2D eigenvalue weighted by molar-refractivity contribution is 0.750. The topological polar surface area (TPSA) is 30.7 Å². The molecule has 14 heavy (non-hydrogen) atoms. The molecule has 0 atom stereocenters. The molecule has 0 bridgehead atoms. The zero-order valence-corrected chi connectivity index (χ0v) is 9.18. The average Bonchev–Trinajstić information content (AvgIpc) is 2.71. The minimum absolute atomic E-state index is 0.975. The number of hydrogen-bond acceptors (Lipinski definition) is 2. The van der Waals surface area contributed by atoms with Crippen molar-refractivity contribution in [3.63, 3.8) is 0 Å². The third-order valence-electron chi connectivity index (χ3n) is 1.94. The summed E-state index contributed by atoms with van der Waals surface area (Å²) in [6, 6.07) is 8.23. The van der Waals surface area contributed by atoms with Gasteiger partial charge in [0.05, 0.1) is 18.1 Å². The number of alkyl halides is 1. The van der Waals surface area contributed by atoms with E-state index < -0.39 is 0 Å². The number of rotatable bonds is 3. The maximum absolute atomic E-state index is 4.08. The van der Waals surface area contributed by atoms with Crippen LogP contribution in [0.25, 0.3) is 5.69 Å². The van der Waals surface area contributed by atoms with Gasteiger partial charge in [-0.1, -0.05) is 28.1 Å². The molecule has 1 heterocycles. The van der Waals surface area contributed by atoms with E-state index in [0.29, 0.717) is 0 Å². The standard InChI is InChI=1S/C10H10BrN3/c11-5-4-9-2-1-3-10(8-9)14-12-6-7-13-14/h1-3,6-8H,4-5H2. The van der Waals surface area contributed by atoms with Crippen LogP contribution in [-0.4, -0.2) is 20.3 Å². The minimum Gasteiger partial charge on any atom is -0.157 e. The van der Waals surface area contributed by atoms with Gasteiger partial charge in [0, 0.05) is 5.33 Å². The first-order valence-corrected chi connectivity index (χ1v) is 5.54. The first-order valence-electron chi connectivity index (χ1n) is 4.42. The Bertz CT molecular complexity index is 398. The van der Waals surface area contributed by atoms with Gasteiger partial charge < -0.3 is 0 Å². The predicted molar refractivity (Wildman–Crippen MR) is 58.9 cm³/mol. The van der Waals surface area contributed by atoms with Crippen LogP contribution in [0.3, 0.4) is 0 Å². The summed E-state index contributed by atoms with van der Waals surface area (Å²) in [5.74, 6) is 0. The second kappa shape index (κ2) is 4.37. The lowest BCUT2D eigenvalue weighted by Crippen LogP contribution is -1.99. The molecule has 0 saturated carbocycles. The van der Waals surface area contributed by atoms with Crippen LogP contribution in [0.2, 0.25) is 0 Å². The smallest absolute Gasteiger partial charge is 0.0859 e. The normalized spacial score (nSPS) is 10.4. The Morgan fingerprint density at radius 3 is 2.71 bits per heavy atom. The van der Waals surface area contributed by atoms with Crippen molar-refractivity contribution in [3.8, 4) is 5.69 Å². The molecular formula is C10H10BrN3. The van der Waals surface area contributed by atoms with Crippen molar-refractivity contribution in [1.29, 1.82) is 0 Å². The molecule has 2 rings (SSSR count). The molecule has 0 unspecified atom stereocenters. The van der Waals surface area contributed by atoms with Crippen molar-refractivity contribution >= 4 is 15.9 Å². The molecular weight excluding hydrogens is 242 g/mol. The van der Waals surface area contributed by atoms with Gasteiger partial charge in [-0.05, 0) is 24.1 Å². The molecule has 0 spiro atoms. The number of hydrogen-bond donors (Lipinski definition) is 0. The molecule has 1 aromatic heterocycles. The summed E-state index contributed by atoms with van der Waals surface area (Å²) in [4.78, 5) is 1.62. The van der Waals surface area contributed by atoms with E-state index in [1.165, 1.54) is 5.56 Å². The fourth-order valence-electron chi connectivity index (χ4n) is 1.29. The van der Waals surface area contributed by atoms with Gasteiger partial charge in [-0.2, -0.15) is 15.0 Å². The first-order chi connectivity index (χ1) is 6.90. The van der Waals surface area contributed by atoms with Crippen molar-refractivity contribution in [2.24, 2.45) is 0 Å². The molecule has 2 aromatic rings. The van der Waals surface area contributed by atoms with Gasteiger partial charge in [0.1, 0.15) is 0 Å². The number of benzene rings is 1. The molecule has 4 heteroatoms. The zero-order valence-electron chi connectivity index (χ0n) is 7.60. The molecule has 0 N–H and O–H groups in total. The summed E-state index contributed by atoms with van der Waals surface area (Å²) in [6.07, 6.45) is 4.38. The van der Waals surface area contributed by atoms with E-state index in [0.717, 1.165) is 17.4 Å². The monoisotopic (exact) mass is 251 g/mol. The second-order valence-corrected chi connectivity index (χ2v) is 3.72. The van der Waals surface area contributed by atoms with Crippen LogP contribution in [-0.2, 0) is 6.42 Å². The number of aryl methyl sites for hydroxylation is 1. The number of nitrogens with zero attached hydrogens (tertiary/aromatic N) is 3. The Hall–Kier alpha value is -1.16. The Kier molecular flexibility index (Phi) is 2.93. The van der Waals surface area contributed by atoms with Crippen molar-refractivity contribution in [1.82, 2.24) is 15.0 Å². The highest BCUT2D eigenvalue weighted by Crippen LogP contribution is 2.09. The maximum atomic E-state index is 4.08. The van der Waals surface area contributed by atoms with Crippen molar-refractivity contribution in [2.45, 2.75) is 6.42 Å². The van der Waals surface area contributed by atoms with Crippen LogP contribution >= 0.6 is 15.9 Å². The average molecular weight is 252 g/mol. The lowest BCUT2D eigenvalue weighted by Gasteiger charge is -2.02. The third kappa shape index (κ3) is 2.01. The highest BCUT2D eigenvalue weighted by atomic mass is 79.9. The first kappa shape index (κ1) is 9.40. The quantitative estimate of drug-likeness (QED) is 0.784. The van der Waals surface area contributed by atoms with E-state index in [9.17, 15) is 0 Å². The molecule has 0 radical (unpaired) electrons. The van der Waals surface area contributed by atoms with Gasteiger partial charge in [0.25, 0.3) is 0 Å². The van der Waals surface area contributed by atoms with Crippen LogP contribution < -0.4 is 0 Å². The van der Waals surface area contributed by atoms with E-state index in [2.05, 4.69) is 38.3 Å². The fraction of sp³-hybridized carbons (Fsp3) is 0.200. The third-order valence-corrected chi connectivity index (χ3v) is 2.34. The molecule has 0 saturated heterocycles. The van der Waals surface area contributed by atoms with Gasteiger partial charge in [-0.25, -0.2) is 0 Å². The molecule has 0 amide bonds. The lowest BCUT2D eigenvalue weighted by atomic mass is 10.1. The molecule has 0 fully saturated rings. The summed E-state index contributed by atoms with van der Waals surface area (Å²) in [5, 5.41) is 9.14. The summed E-state index contributed by atoms with van der Waals surface area (Å²) in [7, 11) is 0. The van der Waals surface area contributed by atoms with Gasteiger partial charge in [-0.15, -0.1) is 0 Å². The largest absolute Gasteiger partial charge is 0.157 e. The van der Waals surface area contributed by atoms with Crippen LogP contribution in [0, 0.1) is 0 Å². The van der Waals surface area contributed by atoms with Gasteiger partial charge in [0.2, 0.25) is 0 Å². The molecule has 3 nitrogen and oxygen atoms in total. The highest BCUT2D eigenvalue weighted by molar-refractivity contribution is 9.09. The molecule has 1 aromatic carbocycles. The van der Waals surface area contributed by atoms with Crippen LogP contribution in [0.1, 0.15) is 5.56 Å². The van der Waals surface area contributed by atoms with Crippen LogP contribution in [0.15, 0.2) is 36.7 Å².